The van der Waals surface area contributed by atoms with Crippen molar-refractivity contribution in [1.29, 1.82) is 0 Å². The van der Waals surface area contributed by atoms with E-state index in [9.17, 15) is 18.3 Å². The molecule has 8 rings (SSSR count). The highest BCUT2D eigenvalue weighted by molar-refractivity contribution is 5.86. The van der Waals surface area contributed by atoms with Crippen LogP contribution < -0.4 is 25.3 Å². The summed E-state index contributed by atoms with van der Waals surface area (Å²) in [6.07, 6.45) is -1.36. The van der Waals surface area contributed by atoms with Crippen molar-refractivity contribution >= 4 is 50.3 Å². The van der Waals surface area contributed by atoms with Crippen molar-refractivity contribution in [1.82, 2.24) is 15.0 Å². The Morgan fingerprint density at radius 2 is 1.22 bits per heavy atom. The van der Waals surface area contributed by atoms with Crippen LogP contribution in [0.4, 0.5) is 30.6 Å². The number of benzene rings is 5. The molecular formula is C38H26F3N5O5. The standard InChI is InChI=1S/C23H14F3N3O3.C15H12N2O2/c24-23(25,26)32-15-7-5-14(6-8-15)28-22-29-19-13-16(9-10-21(19)31-22)30-20-11-12-27-18-4-2-1-3-17(18)20;16-12-9-10(5-6-14(12)18)19-15-7-8-17-13-4-2-1-3-11(13)15/h1-13H,(H,28,29);1-9,18H,16H2. The van der Waals surface area contributed by atoms with Crippen LogP contribution in [0.5, 0.6) is 34.5 Å². The van der Waals surface area contributed by atoms with E-state index in [0.717, 1.165) is 21.8 Å². The zero-order valence-electron chi connectivity index (χ0n) is 26.3. The summed E-state index contributed by atoms with van der Waals surface area (Å²) in [5, 5.41) is 14.1. The number of hydrogen-bond acceptors (Lipinski definition) is 10. The molecule has 0 spiro atoms. The lowest BCUT2D eigenvalue weighted by Crippen LogP contribution is -2.16. The van der Waals surface area contributed by atoms with Gasteiger partial charge in [0.1, 0.15) is 40.0 Å². The molecule has 0 aliphatic heterocycles. The Labute approximate surface area is 287 Å². The number of pyridine rings is 2. The number of hydrogen-bond donors (Lipinski definition) is 3. The van der Waals surface area contributed by atoms with Crippen molar-refractivity contribution in [2.24, 2.45) is 0 Å². The molecule has 4 N–H and O–H groups in total. The molecule has 0 bridgehead atoms. The van der Waals surface area contributed by atoms with E-state index in [0.29, 0.717) is 39.8 Å². The van der Waals surface area contributed by atoms with E-state index in [-0.39, 0.29) is 23.2 Å². The number of alkyl halides is 3. The summed E-state index contributed by atoms with van der Waals surface area (Å²) < 4.78 is 58.2. The molecule has 8 aromatic rings. The lowest BCUT2D eigenvalue weighted by Gasteiger charge is -2.09. The van der Waals surface area contributed by atoms with E-state index in [1.54, 1.807) is 54.9 Å². The predicted molar refractivity (Wildman–Crippen MR) is 187 cm³/mol. The summed E-state index contributed by atoms with van der Waals surface area (Å²) in [6, 6.07) is 34.4. The second-order valence-corrected chi connectivity index (χ2v) is 10.9. The number of halogens is 3. The first-order valence-electron chi connectivity index (χ1n) is 15.3. The van der Waals surface area contributed by atoms with Crippen LogP contribution in [0.1, 0.15) is 0 Å². The second kappa shape index (κ2) is 13.8. The summed E-state index contributed by atoms with van der Waals surface area (Å²) in [5.74, 6) is 2.25. The fraction of sp³-hybridized carbons (Fsp3) is 0.0263. The number of nitrogen functional groups attached to an aromatic ring is 1. The Morgan fingerprint density at radius 3 is 1.82 bits per heavy atom. The molecule has 10 nitrogen and oxygen atoms in total. The summed E-state index contributed by atoms with van der Waals surface area (Å²) in [6.45, 7) is 0. The molecular weight excluding hydrogens is 663 g/mol. The maximum Gasteiger partial charge on any atom is 0.573 e. The zero-order chi connectivity index (χ0) is 35.4. The number of nitrogens with zero attached hydrogens (tertiary/aromatic N) is 3. The third-order valence-electron chi connectivity index (χ3n) is 7.37. The van der Waals surface area contributed by atoms with Crippen molar-refractivity contribution in [2.75, 3.05) is 11.1 Å². The van der Waals surface area contributed by atoms with Gasteiger partial charge in [-0.1, -0.05) is 24.3 Å². The maximum absolute atomic E-state index is 12.3. The number of nitrogens with two attached hydrogens (primary N) is 1. The molecule has 3 aromatic heterocycles. The van der Waals surface area contributed by atoms with Crippen molar-refractivity contribution in [3.05, 3.63) is 134 Å². The number of nitrogens with one attached hydrogen (secondary N) is 1. The van der Waals surface area contributed by atoms with Gasteiger partial charge in [-0.05, 0) is 84.9 Å². The minimum absolute atomic E-state index is 0.0481. The molecule has 0 aliphatic rings. The number of phenolic OH excluding ortho intramolecular Hbond substituents is 1. The molecule has 0 atom stereocenters. The number of anilines is 3. The van der Waals surface area contributed by atoms with Gasteiger partial charge in [-0.15, -0.1) is 13.2 Å². The van der Waals surface area contributed by atoms with E-state index in [4.69, 9.17) is 19.6 Å². The number of aromatic hydroxyl groups is 1. The third-order valence-corrected chi connectivity index (χ3v) is 7.37. The van der Waals surface area contributed by atoms with Crippen molar-refractivity contribution in [3.63, 3.8) is 0 Å². The highest BCUT2D eigenvalue weighted by atomic mass is 19.4. The van der Waals surface area contributed by atoms with Crippen LogP contribution in [0.3, 0.4) is 0 Å². The van der Waals surface area contributed by atoms with Crippen molar-refractivity contribution in [2.45, 2.75) is 6.36 Å². The lowest BCUT2D eigenvalue weighted by molar-refractivity contribution is -0.274. The first-order chi connectivity index (χ1) is 24.7. The number of rotatable bonds is 7. The largest absolute Gasteiger partial charge is 0.573 e. The van der Waals surface area contributed by atoms with Gasteiger partial charge in [0.25, 0.3) is 6.01 Å². The molecule has 0 fully saturated rings. The van der Waals surface area contributed by atoms with E-state index >= 15 is 0 Å². The SMILES string of the molecule is FC(F)(F)Oc1ccc(Nc2nc3cc(Oc4ccnc5ccccc45)ccc3o2)cc1.Nc1cc(Oc2ccnc3ccccc23)ccc1O. The number of aromatic nitrogens is 3. The lowest BCUT2D eigenvalue weighted by atomic mass is 10.2. The molecule has 0 saturated carbocycles. The van der Waals surface area contributed by atoms with Gasteiger partial charge < -0.3 is 34.8 Å². The van der Waals surface area contributed by atoms with Crippen molar-refractivity contribution in [3.8, 4) is 34.5 Å². The zero-order valence-corrected chi connectivity index (χ0v) is 26.3. The van der Waals surface area contributed by atoms with Crippen LogP contribution in [0.2, 0.25) is 0 Å². The van der Waals surface area contributed by atoms with Gasteiger partial charge in [0.05, 0.1) is 16.7 Å². The van der Waals surface area contributed by atoms with Crippen LogP contribution >= 0.6 is 0 Å². The van der Waals surface area contributed by atoms with Gasteiger partial charge in [-0.3, -0.25) is 9.97 Å². The molecule has 51 heavy (non-hydrogen) atoms. The Bertz CT molecular complexity index is 2460. The average molecular weight is 690 g/mol. The van der Waals surface area contributed by atoms with E-state index < -0.39 is 6.36 Å². The number of oxazole rings is 1. The number of para-hydroxylation sites is 2. The van der Waals surface area contributed by atoms with Gasteiger partial charge in [-0.25, -0.2) is 0 Å². The fourth-order valence-corrected chi connectivity index (χ4v) is 5.05. The first-order valence-corrected chi connectivity index (χ1v) is 15.3. The van der Waals surface area contributed by atoms with Crippen LogP contribution in [0, 0.1) is 0 Å². The molecule has 0 aliphatic carbocycles. The van der Waals surface area contributed by atoms with Crippen LogP contribution in [-0.4, -0.2) is 26.4 Å². The van der Waals surface area contributed by atoms with Gasteiger partial charge in [-0.2, -0.15) is 4.98 Å². The molecule has 5 aromatic carbocycles. The molecule has 3 heterocycles. The smallest absolute Gasteiger partial charge is 0.506 e. The summed E-state index contributed by atoms with van der Waals surface area (Å²) >= 11 is 0. The highest BCUT2D eigenvalue weighted by Crippen LogP contribution is 2.34. The number of fused-ring (bicyclic) bond motifs is 3. The molecule has 0 unspecified atom stereocenters. The van der Waals surface area contributed by atoms with Crippen LogP contribution in [-0.2, 0) is 0 Å². The van der Waals surface area contributed by atoms with Crippen LogP contribution in [0.25, 0.3) is 32.9 Å². The van der Waals surface area contributed by atoms with Gasteiger partial charge in [0.2, 0.25) is 0 Å². The van der Waals surface area contributed by atoms with Crippen LogP contribution in [0.15, 0.2) is 138 Å². The minimum atomic E-state index is -4.74. The Kier molecular flexibility index (Phi) is 8.83. The van der Waals surface area contributed by atoms with E-state index in [2.05, 4.69) is 25.0 Å². The maximum atomic E-state index is 12.3. The highest BCUT2D eigenvalue weighted by Gasteiger charge is 2.31. The number of phenols is 1. The van der Waals surface area contributed by atoms with Gasteiger partial charge in [0, 0.05) is 41.0 Å². The average Bonchev–Trinajstić information content (AvgIpc) is 3.52. The summed E-state index contributed by atoms with van der Waals surface area (Å²) in [5.41, 5.74) is 9.20. The quantitative estimate of drug-likeness (QED) is 0.109. The number of ether oxygens (including phenoxy) is 3. The molecule has 0 saturated heterocycles. The van der Waals surface area contributed by atoms with Crippen molar-refractivity contribution < 1.29 is 36.9 Å². The Morgan fingerprint density at radius 1 is 0.647 bits per heavy atom. The molecule has 13 heteroatoms. The molecule has 0 radical (unpaired) electrons. The minimum Gasteiger partial charge on any atom is -0.506 e. The fourth-order valence-electron chi connectivity index (χ4n) is 5.05. The van der Waals surface area contributed by atoms with Gasteiger partial charge in [0.15, 0.2) is 5.58 Å². The third kappa shape index (κ3) is 7.84. The topological polar surface area (TPSA) is 138 Å². The molecule has 0 amide bonds. The predicted octanol–water partition coefficient (Wildman–Crippen LogP) is 10.1. The Hall–Kier alpha value is -7.02. The monoisotopic (exact) mass is 689 g/mol. The van der Waals surface area contributed by atoms with Gasteiger partial charge >= 0.3 is 6.36 Å². The second-order valence-electron chi connectivity index (χ2n) is 10.9. The Balaban J connectivity index is 0.000000182. The first kappa shape index (κ1) is 32.5. The van der Waals surface area contributed by atoms with E-state index in [1.165, 1.54) is 30.3 Å². The normalized spacial score (nSPS) is 11.2. The van der Waals surface area contributed by atoms with E-state index in [1.807, 2.05) is 48.5 Å². The summed E-state index contributed by atoms with van der Waals surface area (Å²) in [7, 11) is 0. The molecule has 254 valence electrons. The summed E-state index contributed by atoms with van der Waals surface area (Å²) in [4.78, 5) is 13.0.